The molecule has 1 heterocycles. The number of nitrogens with zero attached hydrogens (tertiary/aromatic N) is 2. The van der Waals surface area contributed by atoms with Crippen LogP contribution in [0.4, 0.5) is 13.2 Å². The number of hydrogen-bond donors (Lipinski definition) is 2. The lowest BCUT2D eigenvalue weighted by molar-refractivity contribution is -0.137. The smallest absolute Gasteiger partial charge is 0.409 e. The fourth-order valence-electron chi connectivity index (χ4n) is 2.63. The third kappa shape index (κ3) is 4.10. The van der Waals surface area contributed by atoms with Crippen LogP contribution in [-0.4, -0.2) is 29.0 Å². The van der Waals surface area contributed by atoms with Gasteiger partial charge in [0.25, 0.3) is 0 Å². The Hall–Kier alpha value is -1.76. The minimum atomic E-state index is -4.32. The van der Waals surface area contributed by atoms with Gasteiger partial charge >= 0.3 is 6.18 Å². The summed E-state index contributed by atoms with van der Waals surface area (Å²) in [7, 11) is 0. The number of likely N-dealkylation sites (tertiary alicyclic amines) is 1. The van der Waals surface area contributed by atoms with E-state index in [-0.39, 0.29) is 11.8 Å². The van der Waals surface area contributed by atoms with E-state index < -0.39 is 11.7 Å². The molecule has 0 amide bonds. The van der Waals surface area contributed by atoms with E-state index in [4.69, 9.17) is 10.9 Å². The molecule has 1 fully saturated rings. The fourth-order valence-corrected chi connectivity index (χ4v) is 2.63. The standard InChI is InChI=1S/C14H18F3N3O/c15-14(16,17)12-5-1-3-10(7-12)8-20-6-2-4-11(9-20)13(18)19-21/h1,3,5,7,11,21H,2,4,6,8-9H2,(H2,18,19). The molecule has 0 spiro atoms. The first-order valence-electron chi connectivity index (χ1n) is 6.76. The molecule has 116 valence electrons. The van der Waals surface area contributed by atoms with E-state index in [2.05, 4.69) is 5.16 Å². The van der Waals surface area contributed by atoms with Gasteiger partial charge in [-0.05, 0) is 31.0 Å². The normalized spacial score (nSPS) is 21.5. The van der Waals surface area contributed by atoms with Crippen molar-refractivity contribution in [3.05, 3.63) is 35.4 Å². The van der Waals surface area contributed by atoms with Crippen LogP contribution in [0.3, 0.4) is 0 Å². The molecule has 1 saturated heterocycles. The predicted molar refractivity (Wildman–Crippen MR) is 72.9 cm³/mol. The second kappa shape index (κ2) is 6.34. The number of nitrogens with two attached hydrogens (primary N) is 1. The molecule has 1 aliphatic heterocycles. The molecular weight excluding hydrogens is 283 g/mol. The van der Waals surface area contributed by atoms with E-state index >= 15 is 0 Å². The molecule has 7 heteroatoms. The topological polar surface area (TPSA) is 61.9 Å². The van der Waals surface area contributed by atoms with Crippen LogP contribution in [0.2, 0.25) is 0 Å². The molecule has 2 rings (SSSR count). The molecule has 21 heavy (non-hydrogen) atoms. The Morgan fingerprint density at radius 1 is 1.43 bits per heavy atom. The minimum absolute atomic E-state index is 0.0467. The Morgan fingerprint density at radius 2 is 2.19 bits per heavy atom. The van der Waals surface area contributed by atoms with Crippen LogP contribution in [-0.2, 0) is 12.7 Å². The zero-order chi connectivity index (χ0) is 15.5. The first-order chi connectivity index (χ1) is 9.90. The van der Waals surface area contributed by atoms with Crippen molar-refractivity contribution < 1.29 is 18.4 Å². The zero-order valence-corrected chi connectivity index (χ0v) is 11.5. The molecular formula is C14H18F3N3O. The summed E-state index contributed by atoms with van der Waals surface area (Å²) < 4.78 is 38.1. The van der Waals surface area contributed by atoms with Gasteiger partial charge in [0, 0.05) is 19.0 Å². The van der Waals surface area contributed by atoms with E-state index in [0.29, 0.717) is 18.7 Å². The Kier molecular flexibility index (Phi) is 4.72. The van der Waals surface area contributed by atoms with E-state index in [1.165, 1.54) is 12.1 Å². The highest BCUT2D eigenvalue weighted by Gasteiger charge is 2.30. The summed E-state index contributed by atoms with van der Waals surface area (Å²) >= 11 is 0. The molecule has 0 bridgehead atoms. The Morgan fingerprint density at radius 3 is 2.86 bits per heavy atom. The lowest BCUT2D eigenvalue weighted by Crippen LogP contribution is -2.40. The Balaban J connectivity index is 2.04. The minimum Gasteiger partial charge on any atom is -0.409 e. The van der Waals surface area contributed by atoms with Crippen molar-refractivity contribution in [1.82, 2.24) is 4.90 Å². The highest BCUT2D eigenvalue weighted by molar-refractivity contribution is 5.82. The van der Waals surface area contributed by atoms with Crippen molar-refractivity contribution in [2.24, 2.45) is 16.8 Å². The van der Waals surface area contributed by atoms with Crippen LogP contribution in [0.15, 0.2) is 29.4 Å². The van der Waals surface area contributed by atoms with Crippen LogP contribution in [0.5, 0.6) is 0 Å². The largest absolute Gasteiger partial charge is 0.416 e. The van der Waals surface area contributed by atoms with E-state index in [9.17, 15) is 13.2 Å². The number of oxime groups is 1. The average Bonchev–Trinajstić information content (AvgIpc) is 2.46. The third-order valence-corrected chi connectivity index (χ3v) is 3.70. The molecule has 0 aromatic heterocycles. The number of benzene rings is 1. The van der Waals surface area contributed by atoms with Crippen molar-refractivity contribution in [2.45, 2.75) is 25.6 Å². The summed E-state index contributed by atoms with van der Waals surface area (Å²) in [5, 5.41) is 11.7. The van der Waals surface area contributed by atoms with Gasteiger partial charge in [-0.25, -0.2) is 0 Å². The monoisotopic (exact) mass is 301 g/mol. The number of hydrogen-bond acceptors (Lipinski definition) is 3. The van der Waals surface area contributed by atoms with Gasteiger partial charge in [-0.15, -0.1) is 0 Å². The van der Waals surface area contributed by atoms with Crippen molar-refractivity contribution in [3.63, 3.8) is 0 Å². The molecule has 1 aliphatic rings. The summed E-state index contributed by atoms with van der Waals surface area (Å²) in [6, 6.07) is 5.34. The number of halogens is 3. The molecule has 4 nitrogen and oxygen atoms in total. The quantitative estimate of drug-likeness (QED) is 0.390. The molecule has 1 unspecified atom stereocenters. The second-order valence-corrected chi connectivity index (χ2v) is 5.30. The first kappa shape index (κ1) is 15.6. The third-order valence-electron chi connectivity index (χ3n) is 3.70. The SMILES string of the molecule is NC(=NO)C1CCCN(Cc2cccc(C(F)(F)F)c2)C1. The summed E-state index contributed by atoms with van der Waals surface area (Å²) in [6.45, 7) is 1.82. The Bertz CT molecular complexity index is 516. The van der Waals surface area contributed by atoms with Crippen LogP contribution >= 0.6 is 0 Å². The zero-order valence-electron chi connectivity index (χ0n) is 11.5. The second-order valence-electron chi connectivity index (χ2n) is 5.30. The molecule has 0 radical (unpaired) electrons. The van der Waals surface area contributed by atoms with Gasteiger partial charge in [-0.3, -0.25) is 4.90 Å². The van der Waals surface area contributed by atoms with Gasteiger partial charge < -0.3 is 10.9 Å². The maximum absolute atomic E-state index is 12.7. The molecule has 1 aromatic rings. The van der Waals surface area contributed by atoms with Crippen LogP contribution in [0.1, 0.15) is 24.0 Å². The number of piperidine rings is 1. The van der Waals surface area contributed by atoms with E-state index in [0.717, 1.165) is 25.5 Å². The summed E-state index contributed by atoms with van der Waals surface area (Å²) in [5.41, 5.74) is 5.59. The van der Waals surface area contributed by atoms with Crippen LogP contribution < -0.4 is 5.73 Å². The van der Waals surface area contributed by atoms with Crippen LogP contribution in [0, 0.1) is 5.92 Å². The molecule has 0 aliphatic carbocycles. The molecule has 0 saturated carbocycles. The van der Waals surface area contributed by atoms with Gasteiger partial charge in [0.05, 0.1) is 5.56 Å². The fraction of sp³-hybridized carbons (Fsp3) is 0.500. The molecule has 3 N–H and O–H groups in total. The number of alkyl halides is 3. The van der Waals surface area contributed by atoms with Crippen molar-refractivity contribution in [2.75, 3.05) is 13.1 Å². The lowest BCUT2D eigenvalue weighted by Gasteiger charge is -2.32. The number of rotatable bonds is 3. The van der Waals surface area contributed by atoms with Crippen molar-refractivity contribution >= 4 is 5.84 Å². The first-order valence-corrected chi connectivity index (χ1v) is 6.76. The average molecular weight is 301 g/mol. The number of amidine groups is 1. The molecule has 1 aromatic carbocycles. The van der Waals surface area contributed by atoms with Gasteiger partial charge in [0.1, 0.15) is 5.84 Å². The molecule has 1 atom stereocenters. The van der Waals surface area contributed by atoms with Gasteiger partial charge in [0.15, 0.2) is 0 Å². The maximum Gasteiger partial charge on any atom is 0.416 e. The van der Waals surface area contributed by atoms with Crippen molar-refractivity contribution in [1.29, 1.82) is 0 Å². The van der Waals surface area contributed by atoms with E-state index in [1.54, 1.807) is 6.07 Å². The van der Waals surface area contributed by atoms with Gasteiger partial charge in [-0.2, -0.15) is 13.2 Å². The highest BCUT2D eigenvalue weighted by atomic mass is 19.4. The van der Waals surface area contributed by atoms with Crippen LogP contribution in [0.25, 0.3) is 0 Å². The van der Waals surface area contributed by atoms with E-state index in [1.807, 2.05) is 4.90 Å². The Labute approximate surface area is 121 Å². The predicted octanol–water partition coefficient (Wildman–Crippen LogP) is 2.66. The van der Waals surface area contributed by atoms with Gasteiger partial charge in [0.2, 0.25) is 0 Å². The summed E-state index contributed by atoms with van der Waals surface area (Å²) in [5.74, 6) is 0.137. The van der Waals surface area contributed by atoms with Crippen molar-refractivity contribution in [3.8, 4) is 0 Å². The van der Waals surface area contributed by atoms with Gasteiger partial charge in [-0.1, -0.05) is 23.4 Å². The highest BCUT2D eigenvalue weighted by Crippen LogP contribution is 2.30. The lowest BCUT2D eigenvalue weighted by atomic mass is 9.96. The summed E-state index contributed by atoms with van der Waals surface area (Å²) in [4.78, 5) is 2.03. The summed E-state index contributed by atoms with van der Waals surface area (Å²) in [6.07, 6.45) is -2.62. The maximum atomic E-state index is 12.7.